The Morgan fingerprint density at radius 3 is 2.75 bits per heavy atom. The zero-order valence-electron chi connectivity index (χ0n) is 10.9. The fourth-order valence-electron chi connectivity index (χ4n) is 3.88. The Morgan fingerprint density at radius 2 is 2.19 bits per heavy atom. The minimum atomic E-state index is 0.689. The first-order valence-electron chi connectivity index (χ1n) is 7.05. The average Bonchev–Trinajstić information content (AvgIpc) is 2.88. The summed E-state index contributed by atoms with van der Waals surface area (Å²) in [4.78, 5) is 0. The maximum atomic E-state index is 5.21. The molecule has 2 saturated carbocycles. The highest BCUT2D eigenvalue weighted by atomic mass is 16.5. The predicted molar refractivity (Wildman–Crippen MR) is 67.5 cm³/mol. The second kappa shape index (κ2) is 6.02. The van der Waals surface area contributed by atoms with Crippen molar-refractivity contribution in [2.45, 2.75) is 51.5 Å². The lowest BCUT2D eigenvalue weighted by molar-refractivity contribution is 0.172. The van der Waals surface area contributed by atoms with Gasteiger partial charge in [0.1, 0.15) is 0 Å². The Balaban J connectivity index is 1.76. The first-order chi connectivity index (χ1) is 7.83. The molecule has 94 valence electrons. The van der Waals surface area contributed by atoms with E-state index in [-0.39, 0.29) is 0 Å². The lowest BCUT2D eigenvalue weighted by atomic mass is 9.83. The van der Waals surface area contributed by atoms with Crippen molar-refractivity contribution in [2.75, 3.05) is 20.3 Å². The van der Waals surface area contributed by atoms with Gasteiger partial charge in [-0.05, 0) is 56.4 Å². The summed E-state index contributed by atoms with van der Waals surface area (Å²) in [5.74, 6) is 3.16. The zero-order chi connectivity index (χ0) is 11.4. The molecule has 0 saturated heterocycles. The number of hydrogen-bond donors (Lipinski definition) is 1. The number of hydrogen-bond acceptors (Lipinski definition) is 2. The van der Waals surface area contributed by atoms with Crippen LogP contribution in [0.5, 0.6) is 0 Å². The summed E-state index contributed by atoms with van der Waals surface area (Å²) < 4.78 is 5.21. The first-order valence-corrected chi connectivity index (χ1v) is 7.05. The van der Waals surface area contributed by atoms with Gasteiger partial charge in [0, 0.05) is 19.8 Å². The predicted octanol–water partition coefficient (Wildman–Crippen LogP) is 2.83. The molecule has 0 spiro atoms. The number of ether oxygens (including phenoxy) is 1. The minimum absolute atomic E-state index is 0.689. The topological polar surface area (TPSA) is 21.3 Å². The van der Waals surface area contributed by atoms with E-state index in [4.69, 9.17) is 4.74 Å². The van der Waals surface area contributed by atoms with Crippen molar-refractivity contribution in [1.29, 1.82) is 0 Å². The van der Waals surface area contributed by atoms with Crippen molar-refractivity contribution in [3.05, 3.63) is 0 Å². The number of methoxy groups -OCH3 is 1. The Kier molecular flexibility index (Phi) is 4.66. The van der Waals surface area contributed by atoms with Crippen LogP contribution >= 0.6 is 0 Å². The second-order valence-electron chi connectivity index (χ2n) is 5.71. The highest BCUT2D eigenvalue weighted by Gasteiger charge is 2.39. The number of rotatable bonds is 7. The first kappa shape index (κ1) is 12.4. The summed E-state index contributed by atoms with van der Waals surface area (Å²) in [6.07, 6.45) is 8.65. The molecule has 2 aliphatic rings. The molecule has 2 rings (SSSR count). The van der Waals surface area contributed by atoms with Gasteiger partial charge in [0.05, 0.1) is 0 Å². The number of fused-ring (bicyclic) bond motifs is 2. The van der Waals surface area contributed by atoms with Gasteiger partial charge < -0.3 is 10.1 Å². The van der Waals surface area contributed by atoms with Crippen LogP contribution in [0.1, 0.15) is 45.4 Å². The summed E-state index contributed by atoms with van der Waals surface area (Å²) in [7, 11) is 1.81. The van der Waals surface area contributed by atoms with E-state index in [1.165, 1.54) is 38.5 Å². The Bertz CT molecular complexity index is 207. The highest BCUT2D eigenvalue weighted by molar-refractivity contribution is 4.91. The van der Waals surface area contributed by atoms with Crippen molar-refractivity contribution in [3.8, 4) is 0 Å². The summed E-state index contributed by atoms with van der Waals surface area (Å²) in [6, 6.07) is 0.689. The SMILES string of the molecule is CCNC(CCOC)CC1CC2CCC1C2. The van der Waals surface area contributed by atoms with Gasteiger partial charge in [-0.1, -0.05) is 13.3 Å². The summed E-state index contributed by atoms with van der Waals surface area (Å²) in [6.45, 7) is 4.20. The maximum Gasteiger partial charge on any atom is 0.0477 e. The van der Waals surface area contributed by atoms with Gasteiger partial charge in [-0.2, -0.15) is 0 Å². The standard InChI is InChI=1S/C14H27NO/c1-3-15-14(6-7-16-2)10-13-9-11-4-5-12(13)8-11/h11-15H,3-10H2,1-2H3. The summed E-state index contributed by atoms with van der Waals surface area (Å²) in [5.41, 5.74) is 0. The largest absolute Gasteiger partial charge is 0.385 e. The van der Waals surface area contributed by atoms with E-state index in [0.717, 1.165) is 30.9 Å². The van der Waals surface area contributed by atoms with E-state index in [0.29, 0.717) is 6.04 Å². The van der Waals surface area contributed by atoms with Gasteiger partial charge in [0.2, 0.25) is 0 Å². The van der Waals surface area contributed by atoms with Crippen LogP contribution in [-0.2, 0) is 4.74 Å². The molecule has 4 unspecified atom stereocenters. The molecule has 2 nitrogen and oxygen atoms in total. The van der Waals surface area contributed by atoms with Crippen molar-refractivity contribution in [2.24, 2.45) is 17.8 Å². The second-order valence-corrected chi connectivity index (χ2v) is 5.71. The number of nitrogens with one attached hydrogen (secondary N) is 1. The molecule has 0 radical (unpaired) electrons. The van der Waals surface area contributed by atoms with E-state index in [1.807, 2.05) is 0 Å². The van der Waals surface area contributed by atoms with Crippen molar-refractivity contribution < 1.29 is 4.74 Å². The van der Waals surface area contributed by atoms with Gasteiger partial charge in [0.25, 0.3) is 0 Å². The third kappa shape index (κ3) is 2.98. The molecule has 0 aromatic heterocycles. The third-order valence-electron chi connectivity index (χ3n) is 4.64. The minimum Gasteiger partial charge on any atom is -0.385 e. The molecule has 1 N–H and O–H groups in total. The van der Waals surface area contributed by atoms with Crippen LogP contribution in [0.3, 0.4) is 0 Å². The van der Waals surface area contributed by atoms with Crippen LogP contribution in [-0.4, -0.2) is 26.3 Å². The molecule has 0 amide bonds. The quantitative estimate of drug-likeness (QED) is 0.719. The molecular weight excluding hydrogens is 198 g/mol. The van der Waals surface area contributed by atoms with Crippen molar-refractivity contribution in [3.63, 3.8) is 0 Å². The molecule has 0 aromatic rings. The maximum absolute atomic E-state index is 5.21. The molecule has 0 heterocycles. The van der Waals surface area contributed by atoms with Gasteiger partial charge in [0.15, 0.2) is 0 Å². The molecular formula is C14H27NO. The molecule has 2 aliphatic carbocycles. The Hall–Kier alpha value is -0.0800. The molecule has 2 fully saturated rings. The Morgan fingerprint density at radius 1 is 1.31 bits per heavy atom. The molecule has 0 aromatic carbocycles. The van der Waals surface area contributed by atoms with E-state index in [1.54, 1.807) is 7.11 Å². The molecule has 0 aliphatic heterocycles. The van der Waals surface area contributed by atoms with E-state index < -0.39 is 0 Å². The van der Waals surface area contributed by atoms with Gasteiger partial charge in [-0.15, -0.1) is 0 Å². The third-order valence-corrected chi connectivity index (χ3v) is 4.64. The van der Waals surface area contributed by atoms with E-state index in [2.05, 4.69) is 12.2 Å². The summed E-state index contributed by atoms with van der Waals surface area (Å²) in [5, 5.41) is 3.62. The monoisotopic (exact) mass is 225 g/mol. The van der Waals surface area contributed by atoms with Crippen molar-refractivity contribution >= 4 is 0 Å². The Labute approximate surface area is 100 Å². The van der Waals surface area contributed by atoms with Crippen LogP contribution in [0.2, 0.25) is 0 Å². The van der Waals surface area contributed by atoms with Crippen LogP contribution in [0.15, 0.2) is 0 Å². The fourth-order valence-corrected chi connectivity index (χ4v) is 3.88. The lowest BCUT2D eigenvalue weighted by Crippen LogP contribution is -2.33. The van der Waals surface area contributed by atoms with Crippen LogP contribution in [0, 0.1) is 17.8 Å². The van der Waals surface area contributed by atoms with E-state index in [9.17, 15) is 0 Å². The van der Waals surface area contributed by atoms with Gasteiger partial charge in [-0.3, -0.25) is 0 Å². The smallest absolute Gasteiger partial charge is 0.0477 e. The van der Waals surface area contributed by atoms with Crippen LogP contribution in [0.25, 0.3) is 0 Å². The van der Waals surface area contributed by atoms with E-state index >= 15 is 0 Å². The molecule has 4 atom stereocenters. The molecule has 16 heavy (non-hydrogen) atoms. The fraction of sp³-hybridized carbons (Fsp3) is 1.00. The highest BCUT2D eigenvalue weighted by Crippen LogP contribution is 2.49. The van der Waals surface area contributed by atoms with Crippen LogP contribution < -0.4 is 5.32 Å². The van der Waals surface area contributed by atoms with Crippen LogP contribution in [0.4, 0.5) is 0 Å². The van der Waals surface area contributed by atoms with Gasteiger partial charge >= 0.3 is 0 Å². The lowest BCUT2D eigenvalue weighted by Gasteiger charge is -2.27. The molecule has 2 bridgehead atoms. The zero-order valence-corrected chi connectivity index (χ0v) is 10.9. The summed E-state index contributed by atoms with van der Waals surface area (Å²) >= 11 is 0. The average molecular weight is 225 g/mol. The normalized spacial score (nSPS) is 34.5. The van der Waals surface area contributed by atoms with Gasteiger partial charge in [-0.25, -0.2) is 0 Å². The van der Waals surface area contributed by atoms with Crippen molar-refractivity contribution in [1.82, 2.24) is 5.32 Å². The molecule has 2 heteroatoms.